The zero-order valence-corrected chi connectivity index (χ0v) is 14.1. The minimum Gasteiger partial charge on any atom is -0.494 e. The number of carbonyl (C=O) groups is 1. The van der Waals surface area contributed by atoms with Crippen LogP contribution in [0.5, 0.6) is 5.75 Å². The molecule has 1 heterocycles. The van der Waals surface area contributed by atoms with Crippen LogP contribution < -0.4 is 15.0 Å². The molecule has 2 aromatic carbocycles. The smallest absolute Gasteiger partial charge is 0.224 e. The van der Waals surface area contributed by atoms with Crippen molar-refractivity contribution in [1.29, 1.82) is 0 Å². The van der Waals surface area contributed by atoms with Crippen LogP contribution in [0, 0.1) is 0 Å². The summed E-state index contributed by atoms with van der Waals surface area (Å²) in [6.07, 6.45) is 2.25. The van der Waals surface area contributed by atoms with E-state index in [2.05, 4.69) is 29.3 Å². The van der Waals surface area contributed by atoms with Gasteiger partial charge in [-0.1, -0.05) is 24.3 Å². The molecule has 4 heteroatoms. The lowest BCUT2D eigenvalue weighted by atomic mass is 10.1. The fourth-order valence-electron chi connectivity index (χ4n) is 3.01. The lowest BCUT2D eigenvalue weighted by molar-refractivity contribution is -0.116. The fourth-order valence-corrected chi connectivity index (χ4v) is 3.01. The standard InChI is InChI=1S/C20H24N2O2/c1-2-22-13-12-16-10-11-17(15-19(16)22)21-20(23)9-6-14-24-18-7-4-3-5-8-18/h3-5,7-8,10-11,15H,2,6,9,12-14H2,1H3,(H,21,23). The van der Waals surface area contributed by atoms with Gasteiger partial charge in [0.1, 0.15) is 5.75 Å². The maximum absolute atomic E-state index is 12.1. The highest BCUT2D eigenvalue weighted by Crippen LogP contribution is 2.30. The van der Waals surface area contributed by atoms with Gasteiger partial charge in [-0.25, -0.2) is 0 Å². The van der Waals surface area contributed by atoms with Gasteiger partial charge >= 0.3 is 0 Å². The molecule has 126 valence electrons. The van der Waals surface area contributed by atoms with Gasteiger partial charge in [0.15, 0.2) is 0 Å². The molecule has 0 atom stereocenters. The summed E-state index contributed by atoms with van der Waals surface area (Å²) in [6.45, 7) is 4.78. The summed E-state index contributed by atoms with van der Waals surface area (Å²) in [6, 6.07) is 15.9. The molecule has 24 heavy (non-hydrogen) atoms. The van der Waals surface area contributed by atoms with Crippen molar-refractivity contribution < 1.29 is 9.53 Å². The molecule has 0 radical (unpaired) electrons. The van der Waals surface area contributed by atoms with Crippen molar-refractivity contribution in [3.63, 3.8) is 0 Å². The summed E-state index contributed by atoms with van der Waals surface area (Å²) in [5, 5.41) is 2.99. The molecule has 0 spiro atoms. The van der Waals surface area contributed by atoms with Gasteiger partial charge in [0.25, 0.3) is 0 Å². The Kier molecular flexibility index (Phi) is 5.36. The number of benzene rings is 2. The van der Waals surface area contributed by atoms with Crippen molar-refractivity contribution in [2.75, 3.05) is 29.9 Å². The quantitative estimate of drug-likeness (QED) is 0.786. The Morgan fingerprint density at radius 1 is 1.21 bits per heavy atom. The van der Waals surface area contributed by atoms with Crippen LogP contribution in [0.1, 0.15) is 25.3 Å². The Morgan fingerprint density at radius 3 is 2.83 bits per heavy atom. The van der Waals surface area contributed by atoms with Crippen LogP contribution in [0.25, 0.3) is 0 Å². The number of fused-ring (bicyclic) bond motifs is 1. The molecule has 2 aromatic rings. The second-order valence-corrected chi connectivity index (χ2v) is 5.99. The first kappa shape index (κ1) is 16.4. The van der Waals surface area contributed by atoms with E-state index in [-0.39, 0.29) is 5.91 Å². The Balaban J connectivity index is 1.45. The van der Waals surface area contributed by atoms with E-state index in [1.165, 1.54) is 11.3 Å². The third kappa shape index (κ3) is 4.07. The highest BCUT2D eigenvalue weighted by Gasteiger charge is 2.18. The van der Waals surface area contributed by atoms with E-state index in [0.29, 0.717) is 19.4 Å². The molecule has 0 bridgehead atoms. The SMILES string of the molecule is CCN1CCc2ccc(NC(=O)CCCOc3ccccc3)cc21. The fraction of sp³-hybridized carbons (Fsp3) is 0.350. The maximum Gasteiger partial charge on any atom is 0.224 e. The summed E-state index contributed by atoms with van der Waals surface area (Å²) in [5.74, 6) is 0.879. The Morgan fingerprint density at radius 2 is 2.04 bits per heavy atom. The third-order valence-corrected chi connectivity index (χ3v) is 4.30. The zero-order valence-electron chi connectivity index (χ0n) is 14.1. The Hall–Kier alpha value is -2.49. The second kappa shape index (κ2) is 7.86. The van der Waals surface area contributed by atoms with Crippen LogP contribution in [0.3, 0.4) is 0 Å². The normalized spacial score (nSPS) is 12.8. The van der Waals surface area contributed by atoms with Crippen molar-refractivity contribution >= 4 is 17.3 Å². The van der Waals surface area contributed by atoms with E-state index < -0.39 is 0 Å². The van der Waals surface area contributed by atoms with Gasteiger partial charge in [0, 0.05) is 30.9 Å². The van der Waals surface area contributed by atoms with Crippen molar-refractivity contribution in [3.05, 3.63) is 54.1 Å². The first-order valence-corrected chi connectivity index (χ1v) is 8.62. The van der Waals surface area contributed by atoms with Gasteiger partial charge in [0.2, 0.25) is 5.91 Å². The monoisotopic (exact) mass is 324 g/mol. The van der Waals surface area contributed by atoms with Crippen LogP contribution in [0.15, 0.2) is 48.5 Å². The number of nitrogens with one attached hydrogen (secondary N) is 1. The maximum atomic E-state index is 12.1. The van der Waals surface area contributed by atoms with Crippen LogP contribution in [0.2, 0.25) is 0 Å². The van der Waals surface area contributed by atoms with E-state index in [9.17, 15) is 4.79 Å². The number of nitrogens with zero attached hydrogens (tertiary/aromatic N) is 1. The number of hydrogen-bond donors (Lipinski definition) is 1. The van der Waals surface area contributed by atoms with Gasteiger partial charge in [-0.2, -0.15) is 0 Å². The number of likely N-dealkylation sites (N-methyl/N-ethyl adjacent to an activating group) is 1. The molecule has 1 amide bonds. The molecule has 0 saturated heterocycles. The Bertz CT molecular complexity index is 685. The van der Waals surface area contributed by atoms with Gasteiger partial charge in [-0.3, -0.25) is 4.79 Å². The highest BCUT2D eigenvalue weighted by atomic mass is 16.5. The number of amides is 1. The summed E-state index contributed by atoms with van der Waals surface area (Å²) in [5.41, 5.74) is 3.50. The van der Waals surface area contributed by atoms with E-state index >= 15 is 0 Å². The number of hydrogen-bond acceptors (Lipinski definition) is 3. The number of ether oxygens (including phenoxy) is 1. The van der Waals surface area contributed by atoms with Crippen LogP contribution in [-0.4, -0.2) is 25.6 Å². The predicted octanol–water partition coefficient (Wildman–Crippen LogP) is 3.87. The van der Waals surface area contributed by atoms with Gasteiger partial charge < -0.3 is 15.0 Å². The minimum absolute atomic E-state index is 0.0349. The van der Waals surface area contributed by atoms with E-state index in [1.54, 1.807) is 0 Å². The molecule has 0 unspecified atom stereocenters. The molecule has 1 N–H and O–H groups in total. The molecule has 0 aliphatic carbocycles. The van der Waals surface area contributed by atoms with Gasteiger partial charge in [-0.15, -0.1) is 0 Å². The molecular formula is C20H24N2O2. The van der Waals surface area contributed by atoms with Crippen molar-refractivity contribution in [1.82, 2.24) is 0 Å². The highest BCUT2D eigenvalue weighted by molar-refractivity contribution is 5.91. The average Bonchev–Trinajstić information content (AvgIpc) is 3.02. The van der Waals surface area contributed by atoms with Gasteiger partial charge in [0.05, 0.1) is 6.61 Å². The topological polar surface area (TPSA) is 41.6 Å². The van der Waals surface area contributed by atoms with E-state index in [4.69, 9.17) is 4.74 Å². The Labute approximate surface area is 143 Å². The molecule has 0 aromatic heterocycles. The third-order valence-electron chi connectivity index (χ3n) is 4.30. The molecular weight excluding hydrogens is 300 g/mol. The molecule has 1 aliphatic heterocycles. The number of para-hydroxylation sites is 1. The predicted molar refractivity (Wildman–Crippen MR) is 97.8 cm³/mol. The first-order valence-electron chi connectivity index (χ1n) is 8.62. The second-order valence-electron chi connectivity index (χ2n) is 5.99. The van der Waals surface area contributed by atoms with Crippen LogP contribution >= 0.6 is 0 Å². The number of carbonyl (C=O) groups excluding carboxylic acids is 1. The molecule has 0 saturated carbocycles. The van der Waals surface area contributed by atoms with Crippen molar-refractivity contribution in [3.8, 4) is 5.75 Å². The lowest BCUT2D eigenvalue weighted by Crippen LogP contribution is -2.19. The van der Waals surface area contributed by atoms with Crippen LogP contribution in [0.4, 0.5) is 11.4 Å². The summed E-state index contributed by atoms with van der Waals surface area (Å²) >= 11 is 0. The molecule has 4 nitrogen and oxygen atoms in total. The van der Waals surface area contributed by atoms with E-state index in [1.807, 2.05) is 36.4 Å². The lowest BCUT2D eigenvalue weighted by Gasteiger charge is -2.17. The average molecular weight is 324 g/mol. The number of anilines is 2. The minimum atomic E-state index is 0.0349. The number of rotatable bonds is 7. The summed E-state index contributed by atoms with van der Waals surface area (Å²) < 4.78 is 5.61. The molecule has 3 rings (SSSR count). The van der Waals surface area contributed by atoms with Crippen molar-refractivity contribution in [2.45, 2.75) is 26.2 Å². The van der Waals surface area contributed by atoms with Crippen LogP contribution in [-0.2, 0) is 11.2 Å². The molecule has 1 aliphatic rings. The summed E-state index contributed by atoms with van der Waals surface area (Å²) in [7, 11) is 0. The molecule has 0 fully saturated rings. The summed E-state index contributed by atoms with van der Waals surface area (Å²) in [4.78, 5) is 14.4. The zero-order chi connectivity index (χ0) is 16.8. The first-order chi connectivity index (χ1) is 11.8. The van der Waals surface area contributed by atoms with E-state index in [0.717, 1.165) is 30.9 Å². The van der Waals surface area contributed by atoms with Crippen molar-refractivity contribution in [2.24, 2.45) is 0 Å². The largest absolute Gasteiger partial charge is 0.494 e. The van der Waals surface area contributed by atoms with Gasteiger partial charge in [-0.05, 0) is 49.6 Å².